The van der Waals surface area contributed by atoms with Crippen molar-refractivity contribution in [1.29, 1.82) is 0 Å². The highest BCUT2D eigenvalue weighted by Crippen LogP contribution is 2.30. The minimum atomic E-state index is -1.10. The lowest BCUT2D eigenvalue weighted by Gasteiger charge is -2.17. The number of amides is 2. The molecule has 0 aliphatic heterocycles. The number of phenolic OH excluding ortho intramolecular Hbond substituents is 1. The van der Waals surface area contributed by atoms with Crippen molar-refractivity contribution in [3.63, 3.8) is 0 Å². The van der Waals surface area contributed by atoms with E-state index in [0.717, 1.165) is 0 Å². The summed E-state index contributed by atoms with van der Waals surface area (Å²) in [7, 11) is 1.46. The number of halogens is 1. The van der Waals surface area contributed by atoms with Crippen molar-refractivity contribution >= 4 is 56.1 Å². The third kappa shape index (κ3) is 4.92. The number of carboxylic acid groups (broad SMARTS) is 1. The van der Waals surface area contributed by atoms with E-state index in [1.807, 2.05) is 0 Å². The Morgan fingerprint density at radius 2 is 1.74 bits per heavy atom. The number of carboxylic acids is 1. The van der Waals surface area contributed by atoms with Crippen molar-refractivity contribution in [2.75, 3.05) is 17.7 Å². The number of nitrogens with zero attached hydrogens (tertiary/aromatic N) is 4. The molecule has 0 saturated heterocycles. The zero-order chi connectivity index (χ0) is 25.3. The molecule has 0 bridgehead atoms. The highest BCUT2D eigenvalue weighted by Gasteiger charge is 2.21. The number of phenols is 1. The number of fused-ring (bicyclic) bond motifs is 1. The molecule has 4 aromatic rings. The van der Waals surface area contributed by atoms with E-state index in [2.05, 4.69) is 31.4 Å². The van der Waals surface area contributed by atoms with Crippen molar-refractivity contribution in [3.05, 3.63) is 70.2 Å². The molecule has 0 spiro atoms. The van der Waals surface area contributed by atoms with Crippen LogP contribution in [0.4, 0.5) is 11.4 Å². The summed E-state index contributed by atoms with van der Waals surface area (Å²) in [6.07, 6.45) is 0. The summed E-state index contributed by atoms with van der Waals surface area (Å²) in [5.74, 6) is -2.97. The molecule has 4 rings (SSSR count). The molecule has 35 heavy (non-hydrogen) atoms. The Morgan fingerprint density at radius 1 is 1.06 bits per heavy atom. The largest absolute Gasteiger partial charge is 0.505 e. The first-order chi connectivity index (χ1) is 16.6. The van der Waals surface area contributed by atoms with Gasteiger partial charge in [0.25, 0.3) is 0 Å². The number of rotatable bonds is 5. The third-order valence-corrected chi connectivity index (χ3v) is 5.65. The van der Waals surface area contributed by atoms with Crippen LogP contribution in [0.2, 0.25) is 0 Å². The monoisotopic (exact) mass is 538 g/mol. The molecule has 0 aliphatic rings. The Kier molecular flexibility index (Phi) is 6.38. The summed E-state index contributed by atoms with van der Waals surface area (Å²) in [5.41, 5.74) is 7.99. The Morgan fingerprint density at radius 3 is 2.43 bits per heavy atom. The van der Waals surface area contributed by atoms with Crippen LogP contribution in [0.15, 0.2) is 59.1 Å². The van der Waals surface area contributed by atoms with Crippen LogP contribution in [-0.2, 0) is 16.1 Å². The Balaban J connectivity index is 1.54. The van der Waals surface area contributed by atoms with Crippen molar-refractivity contribution in [1.82, 2.24) is 20.3 Å². The fourth-order valence-corrected chi connectivity index (χ4v) is 3.79. The van der Waals surface area contributed by atoms with E-state index in [0.29, 0.717) is 32.4 Å². The van der Waals surface area contributed by atoms with Gasteiger partial charge >= 0.3 is 17.8 Å². The maximum absolute atomic E-state index is 12.5. The summed E-state index contributed by atoms with van der Waals surface area (Å²) in [4.78, 5) is 38.5. The topological polar surface area (TPSA) is 164 Å². The second-order valence-electron chi connectivity index (χ2n) is 7.57. The fourth-order valence-electron chi connectivity index (χ4n) is 3.30. The van der Waals surface area contributed by atoms with Crippen LogP contribution in [0.3, 0.4) is 0 Å². The zero-order valence-electron chi connectivity index (χ0n) is 18.3. The quantitative estimate of drug-likeness (QED) is 0.222. The molecular weight excluding hydrogens is 520 g/mol. The maximum atomic E-state index is 12.5. The van der Waals surface area contributed by atoms with Crippen molar-refractivity contribution in [3.8, 4) is 11.4 Å². The number of aromatic carboxylic acids is 1. The lowest BCUT2D eigenvalue weighted by atomic mass is 10.1. The van der Waals surface area contributed by atoms with E-state index in [4.69, 9.17) is 5.73 Å². The third-order valence-electron chi connectivity index (χ3n) is 5.19. The Labute approximate surface area is 206 Å². The standard InChI is InChI=1S/C23H19BrN6O5/c1-29(16-5-3-15(25)4-6-16)22(33)21(32)26-11-13-8-14(24)10-19(20(13)31)30-27-17-7-2-12(23(34)35)9-18(17)28-30/h2-10,31H,11,25H2,1H3,(H,26,32)(H,34,35). The molecule has 2 amide bonds. The average Bonchev–Trinajstić information content (AvgIpc) is 3.26. The number of nitrogen functional groups attached to an aromatic ring is 1. The number of benzene rings is 3. The van der Waals surface area contributed by atoms with Gasteiger partial charge in [-0.05, 0) is 54.6 Å². The van der Waals surface area contributed by atoms with Crippen LogP contribution in [0.5, 0.6) is 5.75 Å². The van der Waals surface area contributed by atoms with Crippen LogP contribution < -0.4 is 16.0 Å². The molecule has 5 N–H and O–H groups in total. The van der Waals surface area contributed by atoms with Gasteiger partial charge in [0, 0.05) is 35.0 Å². The predicted molar refractivity (Wildman–Crippen MR) is 131 cm³/mol. The van der Waals surface area contributed by atoms with Gasteiger partial charge in [0.05, 0.1) is 5.56 Å². The number of aromatic nitrogens is 3. The molecule has 178 valence electrons. The summed E-state index contributed by atoms with van der Waals surface area (Å²) < 4.78 is 0.562. The smallest absolute Gasteiger partial charge is 0.335 e. The van der Waals surface area contributed by atoms with Gasteiger partial charge in [-0.1, -0.05) is 15.9 Å². The van der Waals surface area contributed by atoms with Gasteiger partial charge in [0.1, 0.15) is 22.5 Å². The first kappa shape index (κ1) is 23.7. The van der Waals surface area contributed by atoms with Crippen molar-refractivity contribution < 1.29 is 24.6 Å². The molecule has 1 heterocycles. The lowest BCUT2D eigenvalue weighted by Crippen LogP contribution is -2.40. The van der Waals surface area contributed by atoms with Gasteiger partial charge in [-0.15, -0.1) is 15.0 Å². The van der Waals surface area contributed by atoms with Gasteiger partial charge in [-0.2, -0.15) is 0 Å². The second kappa shape index (κ2) is 9.43. The number of hydrogen-bond acceptors (Lipinski definition) is 7. The van der Waals surface area contributed by atoms with E-state index in [1.54, 1.807) is 36.4 Å². The first-order valence-electron chi connectivity index (χ1n) is 10.2. The summed E-state index contributed by atoms with van der Waals surface area (Å²) >= 11 is 3.36. The van der Waals surface area contributed by atoms with E-state index >= 15 is 0 Å². The number of carbonyl (C=O) groups is 3. The number of nitrogens with one attached hydrogen (secondary N) is 1. The Bertz CT molecular complexity index is 1470. The van der Waals surface area contributed by atoms with Crippen LogP contribution in [0.25, 0.3) is 16.7 Å². The SMILES string of the molecule is CN(C(=O)C(=O)NCc1cc(Br)cc(-n2nc3ccc(C(=O)O)cc3n2)c1O)c1ccc(N)cc1. The van der Waals surface area contributed by atoms with Crippen molar-refractivity contribution in [2.45, 2.75) is 6.54 Å². The fraction of sp³-hybridized carbons (Fsp3) is 0.0870. The predicted octanol–water partition coefficient (Wildman–Crippen LogP) is 2.45. The van der Waals surface area contributed by atoms with Gasteiger partial charge in [0.2, 0.25) is 0 Å². The summed E-state index contributed by atoms with van der Waals surface area (Å²) in [5, 5.41) is 31.0. The molecule has 0 fully saturated rings. The summed E-state index contributed by atoms with van der Waals surface area (Å²) in [6, 6.07) is 13.9. The molecule has 0 radical (unpaired) electrons. The number of hydrogen-bond donors (Lipinski definition) is 4. The molecule has 0 unspecified atom stereocenters. The number of aromatic hydroxyl groups is 1. The maximum Gasteiger partial charge on any atom is 0.335 e. The molecule has 11 nitrogen and oxygen atoms in total. The van der Waals surface area contributed by atoms with Gasteiger partial charge in [-0.25, -0.2) is 4.79 Å². The van der Waals surface area contributed by atoms with E-state index in [-0.39, 0.29) is 23.5 Å². The summed E-state index contributed by atoms with van der Waals surface area (Å²) in [6.45, 7) is -0.150. The minimum absolute atomic E-state index is 0.0556. The van der Waals surface area contributed by atoms with Crippen LogP contribution >= 0.6 is 15.9 Å². The number of anilines is 2. The molecule has 0 atom stereocenters. The Hall–Kier alpha value is -4.45. The van der Waals surface area contributed by atoms with E-state index < -0.39 is 17.8 Å². The normalized spacial score (nSPS) is 10.8. The van der Waals surface area contributed by atoms with Crippen LogP contribution in [0, 0.1) is 0 Å². The van der Waals surface area contributed by atoms with Crippen molar-refractivity contribution in [2.24, 2.45) is 0 Å². The van der Waals surface area contributed by atoms with Gasteiger partial charge < -0.3 is 26.2 Å². The molecule has 12 heteroatoms. The second-order valence-corrected chi connectivity index (χ2v) is 8.48. The van der Waals surface area contributed by atoms with Crippen LogP contribution in [0.1, 0.15) is 15.9 Å². The molecular formula is C23H19BrN6O5. The van der Waals surface area contributed by atoms with Gasteiger partial charge in [0.15, 0.2) is 0 Å². The molecule has 0 saturated carbocycles. The highest BCUT2D eigenvalue weighted by atomic mass is 79.9. The van der Waals surface area contributed by atoms with E-state index in [1.165, 1.54) is 34.9 Å². The molecule has 0 aliphatic carbocycles. The van der Waals surface area contributed by atoms with Gasteiger partial charge in [-0.3, -0.25) is 9.59 Å². The molecule has 3 aromatic carbocycles. The lowest BCUT2D eigenvalue weighted by molar-refractivity contribution is -0.137. The zero-order valence-corrected chi connectivity index (χ0v) is 19.9. The molecule has 1 aromatic heterocycles. The number of likely N-dealkylation sites (N-methyl/N-ethyl adjacent to an activating group) is 1. The van der Waals surface area contributed by atoms with E-state index in [9.17, 15) is 24.6 Å². The number of carbonyl (C=O) groups excluding carboxylic acids is 2. The highest BCUT2D eigenvalue weighted by molar-refractivity contribution is 9.10. The average molecular weight is 539 g/mol. The van der Waals surface area contributed by atoms with Crippen LogP contribution in [-0.4, -0.2) is 50.0 Å². The minimum Gasteiger partial charge on any atom is -0.505 e. The number of nitrogens with two attached hydrogens (primary N) is 1. The first-order valence-corrected chi connectivity index (χ1v) is 11.0.